The summed E-state index contributed by atoms with van der Waals surface area (Å²) < 4.78 is 1.95. The average molecular weight is 306 g/mol. The number of ketones is 1. The number of aromatic nitrogens is 2. The third-order valence-electron chi connectivity index (χ3n) is 4.03. The SMILES string of the molecule is CCn1cc(C(C)=O)c(=O)c2ccc(-c3ccnc(C)c3)cc21. The van der Waals surface area contributed by atoms with E-state index in [1.54, 1.807) is 18.5 Å². The molecule has 0 bridgehead atoms. The molecule has 4 nitrogen and oxygen atoms in total. The van der Waals surface area contributed by atoms with Crippen LogP contribution in [0.3, 0.4) is 0 Å². The second-order valence-electron chi connectivity index (χ2n) is 5.63. The van der Waals surface area contributed by atoms with Gasteiger partial charge in [0.1, 0.15) is 0 Å². The van der Waals surface area contributed by atoms with Gasteiger partial charge in [0.2, 0.25) is 0 Å². The predicted octanol–water partition coefficient (Wildman–Crippen LogP) is 3.59. The Morgan fingerprint density at radius 1 is 1.17 bits per heavy atom. The number of carbonyl (C=O) groups is 1. The molecule has 0 aliphatic heterocycles. The number of rotatable bonds is 3. The van der Waals surface area contributed by atoms with Crippen molar-refractivity contribution in [1.29, 1.82) is 0 Å². The van der Waals surface area contributed by atoms with Crippen molar-refractivity contribution in [2.75, 3.05) is 0 Å². The van der Waals surface area contributed by atoms with Crippen LogP contribution in [0, 0.1) is 6.92 Å². The molecule has 2 aromatic heterocycles. The van der Waals surface area contributed by atoms with Crippen LogP contribution in [0.1, 0.15) is 29.9 Å². The molecule has 0 fully saturated rings. The Labute approximate surface area is 134 Å². The smallest absolute Gasteiger partial charge is 0.200 e. The summed E-state index contributed by atoms with van der Waals surface area (Å²) >= 11 is 0. The maximum atomic E-state index is 12.5. The minimum Gasteiger partial charge on any atom is -0.347 e. The van der Waals surface area contributed by atoms with E-state index in [-0.39, 0.29) is 16.8 Å². The van der Waals surface area contributed by atoms with Crippen molar-refractivity contribution in [3.63, 3.8) is 0 Å². The third-order valence-corrected chi connectivity index (χ3v) is 4.03. The molecule has 0 aliphatic rings. The zero-order valence-electron chi connectivity index (χ0n) is 13.5. The molecule has 2 heterocycles. The highest BCUT2D eigenvalue weighted by Crippen LogP contribution is 2.24. The number of hydrogen-bond acceptors (Lipinski definition) is 3. The summed E-state index contributed by atoms with van der Waals surface area (Å²) in [4.78, 5) is 28.4. The van der Waals surface area contributed by atoms with Gasteiger partial charge in [0.25, 0.3) is 0 Å². The Balaban J connectivity index is 2.30. The Hall–Kier alpha value is -2.75. The number of nitrogens with zero attached hydrogens (tertiary/aromatic N) is 2. The van der Waals surface area contributed by atoms with E-state index < -0.39 is 0 Å². The van der Waals surface area contributed by atoms with Crippen LogP contribution in [-0.2, 0) is 6.54 Å². The van der Waals surface area contributed by atoms with Crippen molar-refractivity contribution in [3.05, 3.63) is 64.2 Å². The van der Waals surface area contributed by atoms with E-state index in [9.17, 15) is 9.59 Å². The first-order valence-electron chi connectivity index (χ1n) is 7.62. The lowest BCUT2D eigenvalue weighted by Crippen LogP contribution is -2.17. The molecule has 0 unspecified atom stereocenters. The van der Waals surface area contributed by atoms with Crippen LogP contribution < -0.4 is 5.43 Å². The molecule has 0 radical (unpaired) electrons. The maximum absolute atomic E-state index is 12.5. The number of hydrogen-bond donors (Lipinski definition) is 0. The van der Waals surface area contributed by atoms with Crippen LogP contribution in [0.25, 0.3) is 22.0 Å². The molecule has 0 spiro atoms. The summed E-state index contributed by atoms with van der Waals surface area (Å²) in [7, 11) is 0. The van der Waals surface area contributed by atoms with E-state index in [2.05, 4.69) is 4.98 Å². The number of carbonyl (C=O) groups excluding carboxylic acids is 1. The van der Waals surface area contributed by atoms with Gasteiger partial charge in [0.15, 0.2) is 11.2 Å². The van der Waals surface area contributed by atoms with Crippen molar-refractivity contribution in [2.24, 2.45) is 0 Å². The van der Waals surface area contributed by atoms with Gasteiger partial charge in [0, 0.05) is 30.0 Å². The molecular weight excluding hydrogens is 288 g/mol. The van der Waals surface area contributed by atoms with Crippen LogP contribution in [0.4, 0.5) is 0 Å². The van der Waals surface area contributed by atoms with Crippen LogP contribution in [0.15, 0.2) is 47.5 Å². The molecule has 4 heteroatoms. The highest BCUT2D eigenvalue weighted by molar-refractivity contribution is 5.97. The summed E-state index contributed by atoms with van der Waals surface area (Å²) in [5.74, 6) is -0.201. The molecule has 23 heavy (non-hydrogen) atoms. The van der Waals surface area contributed by atoms with Gasteiger partial charge in [-0.05, 0) is 56.2 Å². The summed E-state index contributed by atoms with van der Waals surface area (Å²) in [6.07, 6.45) is 3.44. The number of fused-ring (bicyclic) bond motifs is 1. The standard InChI is InChI=1S/C19H18N2O2/c1-4-21-11-17(13(3)22)19(23)16-6-5-14(10-18(16)21)15-7-8-20-12(2)9-15/h5-11H,4H2,1-3H3. The van der Waals surface area contributed by atoms with E-state index >= 15 is 0 Å². The second kappa shape index (κ2) is 5.80. The number of pyridine rings is 2. The van der Waals surface area contributed by atoms with Gasteiger partial charge in [-0.25, -0.2) is 0 Å². The fourth-order valence-electron chi connectivity index (χ4n) is 2.81. The summed E-state index contributed by atoms with van der Waals surface area (Å²) in [6.45, 7) is 6.06. The molecule has 3 rings (SSSR count). The quantitative estimate of drug-likeness (QED) is 0.695. The van der Waals surface area contributed by atoms with E-state index in [1.165, 1.54) is 6.92 Å². The largest absolute Gasteiger partial charge is 0.347 e. The van der Waals surface area contributed by atoms with Crippen molar-refractivity contribution in [1.82, 2.24) is 9.55 Å². The van der Waals surface area contributed by atoms with Gasteiger partial charge < -0.3 is 4.57 Å². The van der Waals surface area contributed by atoms with Gasteiger partial charge >= 0.3 is 0 Å². The van der Waals surface area contributed by atoms with Crippen molar-refractivity contribution in [2.45, 2.75) is 27.3 Å². The molecule has 0 N–H and O–H groups in total. The lowest BCUT2D eigenvalue weighted by molar-refractivity contribution is 0.101. The lowest BCUT2D eigenvalue weighted by Gasteiger charge is -2.12. The van der Waals surface area contributed by atoms with Crippen LogP contribution in [0.2, 0.25) is 0 Å². The van der Waals surface area contributed by atoms with E-state index in [4.69, 9.17) is 0 Å². The van der Waals surface area contributed by atoms with Gasteiger partial charge in [-0.1, -0.05) is 6.07 Å². The summed E-state index contributed by atoms with van der Waals surface area (Å²) in [5, 5.41) is 0.578. The molecule has 1 aromatic carbocycles. The minimum atomic E-state index is -0.201. The fraction of sp³-hybridized carbons (Fsp3) is 0.211. The highest BCUT2D eigenvalue weighted by atomic mass is 16.1. The predicted molar refractivity (Wildman–Crippen MR) is 91.9 cm³/mol. The van der Waals surface area contributed by atoms with Crippen molar-refractivity contribution in [3.8, 4) is 11.1 Å². The van der Waals surface area contributed by atoms with E-state index in [0.29, 0.717) is 11.9 Å². The van der Waals surface area contributed by atoms with E-state index in [0.717, 1.165) is 22.3 Å². The highest BCUT2D eigenvalue weighted by Gasteiger charge is 2.12. The van der Waals surface area contributed by atoms with Crippen molar-refractivity contribution >= 4 is 16.7 Å². The van der Waals surface area contributed by atoms with Gasteiger partial charge in [0.05, 0.1) is 11.1 Å². The topological polar surface area (TPSA) is 52.0 Å². The zero-order valence-corrected chi connectivity index (χ0v) is 13.5. The fourth-order valence-corrected chi connectivity index (χ4v) is 2.81. The van der Waals surface area contributed by atoms with E-state index in [1.807, 2.05) is 42.7 Å². The first kappa shape index (κ1) is 15.2. The normalized spacial score (nSPS) is 10.9. The minimum absolute atomic E-state index is 0.199. The third kappa shape index (κ3) is 2.68. The lowest BCUT2D eigenvalue weighted by atomic mass is 10.0. The van der Waals surface area contributed by atoms with Gasteiger partial charge in [-0.3, -0.25) is 14.6 Å². The number of benzene rings is 1. The molecule has 116 valence electrons. The molecule has 0 aliphatic carbocycles. The molecule has 0 atom stereocenters. The molecule has 0 amide bonds. The second-order valence-corrected chi connectivity index (χ2v) is 5.63. The molecule has 3 aromatic rings. The first-order chi connectivity index (χ1) is 11.0. The van der Waals surface area contributed by atoms with Crippen molar-refractivity contribution < 1.29 is 4.79 Å². The molecular formula is C19H18N2O2. The monoisotopic (exact) mass is 306 g/mol. The summed E-state index contributed by atoms with van der Waals surface area (Å²) in [5.41, 5.74) is 3.92. The maximum Gasteiger partial charge on any atom is 0.200 e. The van der Waals surface area contributed by atoms with Gasteiger partial charge in [-0.2, -0.15) is 0 Å². The Kier molecular flexibility index (Phi) is 3.82. The zero-order chi connectivity index (χ0) is 16.6. The molecule has 0 saturated carbocycles. The van der Waals surface area contributed by atoms with Crippen LogP contribution in [0.5, 0.6) is 0 Å². The van der Waals surface area contributed by atoms with Crippen LogP contribution in [-0.4, -0.2) is 15.3 Å². The Morgan fingerprint density at radius 2 is 1.91 bits per heavy atom. The average Bonchev–Trinajstić information content (AvgIpc) is 2.54. The Bertz CT molecular complexity index is 971. The first-order valence-corrected chi connectivity index (χ1v) is 7.62. The number of aryl methyl sites for hydroxylation is 2. The van der Waals surface area contributed by atoms with Gasteiger partial charge in [-0.15, -0.1) is 0 Å². The molecule has 0 saturated heterocycles. The summed E-state index contributed by atoms with van der Waals surface area (Å²) in [6, 6.07) is 9.69. The number of Topliss-reactive ketones (excluding diaryl/α,β-unsaturated/α-hetero) is 1. The van der Waals surface area contributed by atoms with Crippen LogP contribution >= 0.6 is 0 Å². The Morgan fingerprint density at radius 3 is 2.57 bits per heavy atom.